The van der Waals surface area contributed by atoms with Crippen molar-refractivity contribution in [3.63, 3.8) is 0 Å². The van der Waals surface area contributed by atoms with Crippen LogP contribution in [0.5, 0.6) is 5.75 Å². The first-order valence-electron chi connectivity index (χ1n) is 5.67. The fraction of sp³-hybridized carbons (Fsp3) is 0.462. The van der Waals surface area contributed by atoms with E-state index < -0.39 is 0 Å². The molecule has 0 saturated carbocycles. The Morgan fingerprint density at radius 1 is 1.41 bits per heavy atom. The summed E-state index contributed by atoms with van der Waals surface area (Å²) >= 11 is 0. The number of para-hydroxylation sites is 1. The van der Waals surface area contributed by atoms with Crippen LogP contribution >= 0.6 is 0 Å². The van der Waals surface area contributed by atoms with Gasteiger partial charge in [-0.1, -0.05) is 18.2 Å². The van der Waals surface area contributed by atoms with Gasteiger partial charge < -0.3 is 15.4 Å². The minimum Gasteiger partial charge on any atom is -0.483 e. The van der Waals surface area contributed by atoms with E-state index in [0.29, 0.717) is 6.54 Å². The quantitative estimate of drug-likeness (QED) is 0.828. The normalized spacial score (nSPS) is 10.1. The van der Waals surface area contributed by atoms with Crippen LogP contribution in [0.25, 0.3) is 0 Å². The van der Waals surface area contributed by atoms with E-state index in [2.05, 4.69) is 0 Å². The molecule has 0 fully saturated rings. The lowest BCUT2D eigenvalue weighted by Crippen LogP contribution is -2.28. The summed E-state index contributed by atoms with van der Waals surface area (Å²) in [6, 6.07) is 5.92. The molecule has 0 bridgehead atoms. The molecule has 0 heterocycles. The van der Waals surface area contributed by atoms with Gasteiger partial charge in [-0.3, -0.25) is 4.79 Å². The highest BCUT2D eigenvalue weighted by Gasteiger charge is 2.10. The number of hydrogen-bond donors (Lipinski definition) is 1. The van der Waals surface area contributed by atoms with Gasteiger partial charge in [-0.2, -0.15) is 0 Å². The van der Waals surface area contributed by atoms with Crippen LogP contribution in [0.2, 0.25) is 0 Å². The Kier molecular flexibility index (Phi) is 4.97. The molecule has 0 aliphatic rings. The topological polar surface area (TPSA) is 55.6 Å². The van der Waals surface area contributed by atoms with Crippen LogP contribution in [0.1, 0.15) is 11.1 Å². The molecule has 1 aromatic rings. The van der Waals surface area contributed by atoms with Crippen molar-refractivity contribution in [2.45, 2.75) is 13.3 Å². The summed E-state index contributed by atoms with van der Waals surface area (Å²) in [4.78, 5) is 13.0. The zero-order valence-electron chi connectivity index (χ0n) is 10.7. The first-order chi connectivity index (χ1) is 8.06. The van der Waals surface area contributed by atoms with Crippen molar-refractivity contribution in [1.82, 2.24) is 4.90 Å². The second-order valence-corrected chi connectivity index (χ2v) is 4.18. The molecule has 17 heavy (non-hydrogen) atoms. The molecular formula is C13H20N2O2. The Morgan fingerprint density at radius 2 is 2.12 bits per heavy atom. The van der Waals surface area contributed by atoms with Gasteiger partial charge >= 0.3 is 0 Å². The number of carbonyl (C=O) groups excluding carboxylic acids is 1. The zero-order chi connectivity index (χ0) is 12.8. The molecule has 0 radical (unpaired) electrons. The molecule has 0 aliphatic carbocycles. The van der Waals surface area contributed by atoms with Crippen LogP contribution in [0.4, 0.5) is 0 Å². The minimum atomic E-state index is -0.0491. The van der Waals surface area contributed by atoms with Gasteiger partial charge in [-0.15, -0.1) is 0 Å². The van der Waals surface area contributed by atoms with Gasteiger partial charge in [-0.25, -0.2) is 0 Å². The first kappa shape index (κ1) is 13.5. The molecule has 4 nitrogen and oxygen atoms in total. The molecule has 0 saturated heterocycles. The Balaban J connectivity index is 2.78. The van der Waals surface area contributed by atoms with Crippen molar-refractivity contribution in [3.8, 4) is 5.75 Å². The van der Waals surface area contributed by atoms with Gasteiger partial charge in [0.2, 0.25) is 0 Å². The van der Waals surface area contributed by atoms with Crippen molar-refractivity contribution in [3.05, 3.63) is 29.3 Å². The maximum atomic E-state index is 11.5. The summed E-state index contributed by atoms with van der Waals surface area (Å²) in [7, 11) is 3.43. The third-order valence-electron chi connectivity index (χ3n) is 2.55. The monoisotopic (exact) mass is 236 g/mol. The minimum absolute atomic E-state index is 0.0491. The van der Waals surface area contributed by atoms with E-state index >= 15 is 0 Å². The van der Waals surface area contributed by atoms with Crippen LogP contribution in [0.15, 0.2) is 18.2 Å². The van der Waals surface area contributed by atoms with E-state index in [0.717, 1.165) is 23.3 Å². The van der Waals surface area contributed by atoms with Gasteiger partial charge in [0.25, 0.3) is 5.91 Å². The molecule has 4 heteroatoms. The molecule has 0 aliphatic heterocycles. The summed E-state index contributed by atoms with van der Waals surface area (Å²) in [5, 5.41) is 0. The molecule has 1 amide bonds. The van der Waals surface area contributed by atoms with Gasteiger partial charge in [0, 0.05) is 14.1 Å². The third kappa shape index (κ3) is 3.75. The van der Waals surface area contributed by atoms with Crippen molar-refractivity contribution in [1.29, 1.82) is 0 Å². The van der Waals surface area contributed by atoms with E-state index in [1.165, 1.54) is 4.90 Å². The Bertz CT molecular complexity index is 389. The highest BCUT2D eigenvalue weighted by molar-refractivity contribution is 5.77. The number of aryl methyl sites for hydroxylation is 1. The van der Waals surface area contributed by atoms with Gasteiger partial charge in [0.05, 0.1) is 0 Å². The van der Waals surface area contributed by atoms with E-state index in [9.17, 15) is 4.79 Å². The molecule has 94 valence electrons. The Labute approximate surface area is 102 Å². The molecule has 0 unspecified atom stereocenters. The summed E-state index contributed by atoms with van der Waals surface area (Å²) in [5.74, 6) is 0.736. The fourth-order valence-electron chi connectivity index (χ4n) is 1.54. The molecule has 0 spiro atoms. The number of rotatable bonds is 5. The predicted octanol–water partition coefficient (Wildman–Crippen LogP) is 0.963. The maximum Gasteiger partial charge on any atom is 0.259 e. The summed E-state index contributed by atoms with van der Waals surface area (Å²) in [6.45, 7) is 2.60. The van der Waals surface area contributed by atoms with Crippen molar-refractivity contribution >= 4 is 5.91 Å². The van der Waals surface area contributed by atoms with Gasteiger partial charge in [-0.05, 0) is 31.0 Å². The lowest BCUT2D eigenvalue weighted by atomic mass is 10.1. The molecular weight excluding hydrogens is 216 g/mol. The second-order valence-electron chi connectivity index (χ2n) is 4.18. The van der Waals surface area contributed by atoms with Crippen LogP contribution in [-0.2, 0) is 11.2 Å². The number of amides is 1. The lowest BCUT2D eigenvalue weighted by Gasteiger charge is -2.15. The molecule has 2 N–H and O–H groups in total. The number of ether oxygens (including phenoxy) is 1. The molecule has 1 rings (SSSR count). The zero-order valence-corrected chi connectivity index (χ0v) is 10.7. The van der Waals surface area contributed by atoms with E-state index in [1.807, 2.05) is 25.1 Å². The first-order valence-corrected chi connectivity index (χ1v) is 5.67. The fourth-order valence-corrected chi connectivity index (χ4v) is 1.54. The smallest absolute Gasteiger partial charge is 0.259 e. The van der Waals surface area contributed by atoms with E-state index in [-0.39, 0.29) is 12.5 Å². The van der Waals surface area contributed by atoms with Crippen molar-refractivity contribution in [2.24, 2.45) is 5.73 Å². The van der Waals surface area contributed by atoms with Crippen LogP contribution in [0, 0.1) is 6.92 Å². The van der Waals surface area contributed by atoms with Gasteiger partial charge in [0.1, 0.15) is 5.75 Å². The van der Waals surface area contributed by atoms with Crippen molar-refractivity contribution in [2.75, 3.05) is 27.2 Å². The largest absolute Gasteiger partial charge is 0.483 e. The highest BCUT2D eigenvalue weighted by Crippen LogP contribution is 2.23. The number of benzene rings is 1. The van der Waals surface area contributed by atoms with Crippen LogP contribution in [-0.4, -0.2) is 38.1 Å². The van der Waals surface area contributed by atoms with Crippen molar-refractivity contribution < 1.29 is 9.53 Å². The number of hydrogen-bond acceptors (Lipinski definition) is 3. The van der Waals surface area contributed by atoms with E-state index in [1.54, 1.807) is 14.1 Å². The van der Waals surface area contributed by atoms with Crippen LogP contribution in [0.3, 0.4) is 0 Å². The van der Waals surface area contributed by atoms with E-state index in [4.69, 9.17) is 10.5 Å². The lowest BCUT2D eigenvalue weighted by molar-refractivity contribution is -0.130. The predicted molar refractivity (Wildman–Crippen MR) is 68.1 cm³/mol. The number of carbonyl (C=O) groups is 1. The summed E-state index contributed by atoms with van der Waals surface area (Å²) < 4.78 is 5.60. The SMILES string of the molecule is Cc1cccc(CCN)c1OCC(=O)N(C)C. The highest BCUT2D eigenvalue weighted by atomic mass is 16.5. The summed E-state index contributed by atoms with van der Waals surface area (Å²) in [5.41, 5.74) is 7.64. The third-order valence-corrected chi connectivity index (χ3v) is 2.55. The molecule has 1 aromatic carbocycles. The number of nitrogens with zero attached hydrogens (tertiary/aromatic N) is 1. The Morgan fingerprint density at radius 3 is 2.71 bits per heavy atom. The summed E-state index contributed by atoms with van der Waals surface area (Å²) in [6.07, 6.45) is 0.757. The molecule has 0 aromatic heterocycles. The maximum absolute atomic E-state index is 11.5. The number of likely N-dealkylation sites (N-methyl/N-ethyl adjacent to an activating group) is 1. The number of nitrogens with two attached hydrogens (primary N) is 1. The standard InChI is InChI=1S/C13H20N2O2/c1-10-5-4-6-11(7-8-14)13(10)17-9-12(16)15(2)3/h4-6H,7-9,14H2,1-3H3. The van der Waals surface area contributed by atoms with Crippen LogP contribution < -0.4 is 10.5 Å². The Hall–Kier alpha value is -1.55. The molecule has 0 atom stereocenters. The second kappa shape index (κ2) is 6.25. The average molecular weight is 236 g/mol. The van der Waals surface area contributed by atoms with Gasteiger partial charge in [0.15, 0.2) is 6.61 Å². The average Bonchev–Trinajstić information content (AvgIpc) is 2.28.